The standard InChI is InChI=1S/C19H26N4O2/c1-13-17(14(2)21-20-13)11-19(24)23-10-9-22(3)18(12-23)15-5-7-16(25-4)8-6-15/h5-8,18H,9-12H2,1-4H3,(H,20,21)/t18-/m1/s1. The maximum absolute atomic E-state index is 12.8. The van der Waals surface area contributed by atoms with Crippen LogP contribution >= 0.6 is 0 Å². The Hall–Kier alpha value is -2.34. The van der Waals surface area contributed by atoms with Gasteiger partial charge < -0.3 is 9.64 Å². The number of aromatic amines is 1. The Balaban J connectivity index is 1.72. The van der Waals surface area contributed by atoms with E-state index in [4.69, 9.17) is 4.74 Å². The molecule has 0 aliphatic carbocycles. The zero-order chi connectivity index (χ0) is 18.0. The zero-order valence-corrected chi connectivity index (χ0v) is 15.4. The van der Waals surface area contributed by atoms with Crippen LogP contribution < -0.4 is 4.74 Å². The third-order valence-corrected chi connectivity index (χ3v) is 5.11. The Morgan fingerprint density at radius 3 is 2.60 bits per heavy atom. The summed E-state index contributed by atoms with van der Waals surface area (Å²) < 4.78 is 5.24. The number of ether oxygens (including phenoxy) is 1. The first-order valence-corrected chi connectivity index (χ1v) is 8.62. The molecular formula is C19H26N4O2. The van der Waals surface area contributed by atoms with E-state index < -0.39 is 0 Å². The second-order valence-electron chi connectivity index (χ2n) is 6.70. The highest BCUT2D eigenvalue weighted by molar-refractivity contribution is 5.79. The minimum Gasteiger partial charge on any atom is -0.497 e. The second kappa shape index (κ2) is 7.27. The molecule has 1 amide bonds. The van der Waals surface area contributed by atoms with Crippen molar-refractivity contribution >= 4 is 5.91 Å². The minimum absolute atomic E-state index is 0.166. The van der Waals surface area contributed by atoms with Crippen molar-refractivity contribution < 1.29 is 9.53 Å². The first-order valence-electron chi connectivity index (χ1n) is 8.62. The summed E-state index contributed by atoms with van der Waals surface area (Å²) in [6.45, 7) is 6.24. The number of methoxy groups -OCH3 is 1. The van der Waals surface area contributed by atoms with E-state index in [2.05, 4.69) is 34.3 Å². The summed E-state index contributed by atoms with van der Waals surface area (Å²) in [6, 6.07) is 8.32. The number of benzene rings is 1. The number of aromatic nitrogens is 2. The summed E-state index contributed by atoms with van der Waals surface area (Å²) in [6.07, 6.45) is 0.410. The minimum atomic E-state index is 0.166. The lowest BCUT2D eigenvalue weighted by atomic mass is 10.0. The summed E-state index contributed by atoms with van der Waals surface area (Å²) >= 11 is 0. The fourth-order valence-electron chi connectivity index (χ4n) is 3.38. The highest BCUT2D eigenvalue weighted by atomic mass is 16.5. The number of likely N-dealkylation sites (N-methyl/N-ethyl adjacent to an activating group) is 1. The number of aryl methyl sites for hydroxylation is 2. The summed E-state index contributed by atoms with van der Waals surface area (Å²) in [5, 5.41) is 7.15. The van der Waals surface area contributed by atoms with Crippen LogP contribution in [-0.4, -0.2) is 59.7 Å². The third kappa shape index (κ3) is 3.69. The van der Waals surface area contributed by atoms with Crippen molar-refractivity contribution in [2.45, 2.75) is 26.3 Å². The maximum atomic E-state index is 12.8. The Kier molecular flexibility index (Phi) is 5.08. The Morgan fingerprint density at radius 2 is 2.00 bits per heavy atom. The molecule has 1 aliphatic heterocycles. The molecule has 0 spiro atoms. The monoisotopic (exact) mass is 342 g/mol. The van der Waals surface area contributed by atoms with Gasteiger partial charge in [0.25, 0.3) is 0 Å². The second-order valence-corrected chi connectivity index (χ2v) is 6.70. The lowest BCUT2D eigenvalue weighted by molar-refractivity contribution is -0.133. The number of hydrogen-bond acceptors (Lipinski definition) is 4. The molecule has 2 heterocycles. The molecule has 0 radical (unpaired) electrons. The lowest BCUT2D eigenvalue weighted by Gasteiger charge is -2.39. The van der Waals surface area contributed by atoms with E-state index in [1.807, 2.05) is 30.9 Å². The maximum Gasteiger partial charge on any atom is 0.227 e. The van der Waals surface area contributed by atoms with Gasteiger partial charge in [-0.3, -0.25) is 14.8 Å². The van der Waals surface area contributed by atoms with Crippen molar-refractivity contribution in [1.29, 1.82) is 0 Å². The SMILES string of the molecule is COc1ccc([C@H]2CN(C(=O)Cc3c(C)n[nH]c3C)CCN2C)cc1. The molecular weight excluding hydrogens is 316 g/mol. The van der Waals surface area contributed by atoms with Crippen LogP contribution in [0.4, 0.5) is 0 Å². The first-order chi connectivity index (χ1) is 12.0. The molecule has 1 N–H and O–H groups in total. The van der Waals surface area contributed by atoms with Gasteiger partial charge in [-0.05, 0) is 38.6 Å². The summed E-state index contributed by atoms with van der Waals surface area (Å²) in [5.74, 6) is 1.01. The van der Waals surface area contributed by atoms with E-state index >= 15 is 0 Å². The normalized spacial score (nSPS) is 18.4. The van der Waals surface area contributed by atoms with Gasteiger partial charge in [0, 0.05) is 30.9 Å². The van der Waals surface area contributed by atoms with E-state index in [1.54, 1.807) is 7.11 Å². The molecule has 0 saturated carbocycles. The Labute approximate surface area is 148 Å². The molecule has 1 fully saturated rings. The Morgan fingerprint density at radius 1 is 1.28 bits per heavy atom. The molecule has 1 aromatic heterocycles. The number of rotatable bonds is 4. The predicted molar refractivity (Wildman–Crippen MR) is 96.7 cm³/mol. The van der Waals surface area contributed by atoms with Crippen LogP contribution in [0.2, 0.25) is 0 Å². The smallest absolute Gasteiger partial charge is 0.227 e. The van der Waals surface area contributed by atoms with Crippen molar-refractivity contribution in [2.24, 2.45) is 0 Å². The van der Waals surface area contributed by atoms with Crippen LogP contribution in [0, 0.1) is 13.8 Å². The van der Waals surface area contributed by atoms with E-state index in [0.717, 1.165) is 35.8 Å². The summed E-state index contributed by atoms with van der Waals surface area (Å²) in [4.78, 5) is 17.1. The van der Waals surface area contributed by atoms with Crippen LogP contribution in [0.3, 0.4) is 0 Å². The Bertz CT molecular complexity index is 719. The van der Waals surface area contributed by atoms with Gasteiger partial charge in [-0.25, -0.2) is 0 Å². The topological polar surface area (TPSA) is 61.5 Å². The highest BCUT2D eigenvalue weighted by Crippen LogP contribution is 2.26. The summed E-state index contributed by atoms with van der Waals surface area (Å²) in [5.41, 5.74) is 4.11. The predicted octanol–water partition coefficient (Wildman–Crippen LogP) is 2.09. The average molecular weight is 342 g/mol. The van der Waals surface area contributed by atoms with Gasteiger partial charge in [0.15, 0.2) is 0 Å². The number of carbonyl (C=O) groups is 1. The van der Waals surface area contributed by atoms with Gasteiger partial charge >= 0.3 is 0 Å². The van der Waals surface area contributed by atoms with Crippen LogP contribution in [0.1, 0.15) is 28.6 Å². The molecule has 6 heteroatoms. The van der Waals surface area contributed by atoms with Gasteiger partial charge in [0.2, 0.25) is 5.91 Å². The van der Waals surface area contributed by atoms with Gasteiger partial charge in [0.05, 0.1) is 25.3 Å². The molecule has 3 rings (SSSR count). The quantitative estimate of drug-likeness (QED) is 0.924. The molecule has 134 valence electrons. The number of hydrogen-bond donors (Lipinski definition) is 1. The van der Waals surface area contributed by atoms with Crippen molar-refractivity contribution in [3.8, 4) is 5.75 Å². The molecule has 6 nitrogen and oxygen atoms in total. The van der Waals surface area contributed by atoms with Crippen LogP contribution in [0.5, 0.6) is 5.75 Å². The van der Waals surface area contributed by atoms with E-state index in [1.165, 1.54) is 5.56 Å². The molecule has 1 aromatic carbocycles. The number of carbonyl (C=O) groups excluding carboxylic acids is 1. The fraction of sp³-hybridized carbons (Fsp3) is 0.474. The van der Waals surface area contributed by atoms with Crippen molar-refractivity contribution in [1.82, 2.24) is 20.0 Å². The van der Waals surface area contributed by atoms with Crippen LogP contribution in [-0.2, 0) is 11.2 Å². The van der Waals surface area contributed by atoms with E-state index in [9.17, 15) is 4.79 Å². The van der Waals surface area contributed by atoms with Crippen LogP contribution in [0.15, 0.2) is 24.3 Å². The molecule has 1 saturated heterocycles. The number of piperazine rings is 1. The number of nitrogens with one attached hydrogen (secondary N) is 1. The number of nitrogens with zero attached hydrogens (tertiary/aromatic N) is 3. The largest absolute Gasteiger partial charge is 0.497 e. The van der Waals surface area contributed by atoms with Crippen molar-refractivity contribution in [3.63, 3.8) is 0 Å². The molecule has 0 unspecified atom stereocenters. The lowest BCUT2D eigenvalue weighted by Crippen LogP contribution is -2.49. The van der Waals surface area contributed by atoms with Gasteiger partial charge in [-0.1, -0.05) is 12.1 Å². The van der Waals surface area contributed by atoms with Gasteiger partial charge in [-0.15, -0.1) is 0 Å². The van der Waals surface area contributed by atoms with Gasteiger partial charge in [-0.2, -0.15) is 5.10 Å². The van der Waals surface area contributed by atoms with Crippen molar-refractivity contribution in [3.05, 3.63) is 46.8 Å². The average Bonchev–Trinajstić information content (AvgIpc) is 2.94. The van der Waals surface area contributed by atoms with Gasteiger partial charge in [0.1, 0.15) is 5.75 Å². The van der Waals surface area contributed by atoms with Crippen molar-refractivity contribution in [2.75, 3.05) is 33.8 Å². The fourth-order valence-corrected chi connectivity index (χ4v) is 3.38. The molecule has 2 aromatic rings. The van der Waals surface area contributed by atoms with E-state index in [-0.39, 0.29) is 11.9 Å². The molecule has 0 bridgehead atoms. The number of H-pyrrole nitrogens is 1. The third-order valence-electron chi connectivity index (χ3n) is 5.11. The molecule has 1 aliphatic rings. The van der Waals surface area contributed by atoms with E-state index in [0.29, 0.717) is 13.0 Å². The summed E-state index contributed by atoms with van der Waals surface area (Å²) in [7, 11) is 3.78. The van der Waals surface area contributed by atoms with Crippen LogP contribution in [0.25, 0.3) is 0 Å². The first kappa shape index (κ1) is 17.5. The highest BCUT2D eigenvalue weighted by Gasteiger charge is 2.29. The number of amides is 1. The molecule has 25 heavy (non-hydrogen) atoms. The molecule has 1 atom stereocenters. The zero-order valence-electron chi connectivity index (χ0n) is 15.4.